The molecular formula is C14H19N. The fourth-order valence-corrected chi connectivity index (χ4v) is 1.34. The monoisotopic (exact) mass is 201 g/mol. The van der Waals surface area contributed by atoms with Gasteiger partial charge < -0.3 is 4.90 Å². The fraction of sp³-hybridized carbons (Fsp3) is 0.286. The summed E-state index contributed by atoms with van der Waals surface area (Å²) < 4.78 is 0. The van der Waals surface area contributed by atoms with E-state index in [0.29, 0.717) is 0 Å². The van der Waals surface area contributed by atoms with Gasteiger partial charge in [0.05, 0.1) is 0 Å². The molecule has 0 amide bonds. The van der Waals surface area contributed by atoms with Crippen LogP contribution >= 0.6 is 0 Å². The Morgan fingerprint density at radius 2 is 1.80 bits per heavy atom. The minimum absolute atomic E-state index is 0.954. The lowest BCUT2D eigenvalue weighted by atomic mass is 10.1. The quantitative estimate of drug-likeness (QED) is 0.660. The van der Waals surface area contributed by atoms with E-state index >= 15 is 0 Å². The van der Waals surface area contributed by atoms with Crippen molar-refractivity contribution >= 4 is 5.69 Å². The smallest absolute Gasteiger partial charge is 0.0361 e. The van der Waals surface area contributed by atoms with E-state index in [1.165, 1.54) is 11.3 Å². The summed E-state index contributed by atoms with van der Waals surface area (Å²) in [6.45, 7) is 3.68. The average Bonchev–Trinajstić information content (AvgIpc) is 2.25. The van der Waals surface area contributed by atoms with Gasteiger partial charge in [0.25, 0.3) is 0 Å². The predicted octanol–water partition coefficient (Wildman–Crippen LogP) is 3.43. The Morgan fingerprint density at radius 3 is 2.33 bits per heavy atom. The highest BCUT2D eigenvalue weighted by Crippen LogP contribution is 2.12. The molecule has 0 unspecified atom stereocenters. The average molecular weight is 201 g/mol. The summed E-state index contributed by atoms with van der Waals surface area (Å²) in [5.74, 6) is 0. The van der Waals surface area contributed by atoms with Crippen molar-refractivity contribution in [2.45, 2.75) is 12.8 Å². The van der Waals surface area contributed by atoms with Crippen molar-refractivity contribution < 1.29 is 0 Å². The zero-order valence-corrected chi connectivity index (χ0v) is 9.61. The maximum Gasteiger partial charge on any atom is 0.0361 e. The highest BCUT2D eigenvalue weighted by molar-refractivity contribution is 5.46. The predicted molar refractivity (Wildman–Crippen MR) is 68.4 cm³/mol. The van der Waals surface area contributed by atoms with E-state index in [4.69, 9.17) is 0 Å². The minimum atomic E-state index is 0.954. The van der Waals surface area contributed by atoms with Crippen LogP contribution in [-0.4, -0.2) is 14.1 Å². The van der Waals surface area contributed by atoms with Gasteiger partial charge in [0.1, 0.15) is 0 Å². The molecule has 1 aromatic carbocycles. The van der Waals surface area contributed by atoms with Crippen LogP contribution < -0.4 is 4.90 Å². The Bertz CT molecular complexity index is 320. The van der Waals surface area contributed by atoms with E-state index in [0.717, 1.165) is 12.8 Å². The molecule has 0 fully saturated rings. The number of hydrogen-bond acceptors (Lipinski definition) is 1. The van der Waals surface area contributed by atoms with Gasteiger partial charge >= 0.3 is 0 Å². The van der Waals surface area contributed by atoms with Crippen LogP contribution in [0.15, 0.2) is 49.1 Å². The van der Waals surface area contributed by atoms with Crippen LogP contribution in [-0.2, 0) is 6.42 Å². The number of allylic oxidation sites excluding steroid dienone is 3. The molecule has 80 valence electrons. The first-order chi connectivity index (χ1) is 7.24. The zero-order valence-electron chi connectivity index (χ0n) is 9.61. The minimum Gasteiger partial charge on any atom is -0.378 e. The van der Waals surface area contributed by atoms with Gasteiger partial charge in [0.15, 0.2) is 0 Å². The van der Waals surface area contributed by atoms with Crippen LogP contribution in [0.2, 0.25) is 0 Å². The van der Waals surface area contributed by atoms with Crippen LogP contribution in [0.25, 0.3) is 0 Å². The Hall–Kier alpha value is -1.50. The van der Waals surface area contributed by atoms with Crippen molar-refractivity contribution in [3.05, 3.63) is 54.6 Å². The fourth-order valence-electron chi connectivity index (χ4n) is 1.34. The van der Waals surface area contributed by atoms with Gasteiger partial charge in [-0.1, -0.05) is 30.4 Å². The van der Waals surface area contributed by atoms with Crippen LogP contribution in [0.4, 0.5) is 5.69 Å². The first kappa shape index (κ1) is 11.6. The highest BCUT2D eigenvalue weighted by Gasteiger charge is 1.94. The van der Waals surface area contributed by atoms with E-state index in [1.54, 1.807) is 0 Å². The van der Waals surface area contributed by atoms with E-state index < -0.39 is 0 Å². The summed E-state index contributed by atoms with van der Waals surface area (Å²) >= 11 is 0. The van der Waals surface area contributed by atoms with Crippen LogP contribution in [0.5, 0.6) is 0 Å². The van der Waals surface area contributed by atoms with Crippen molar-refractivity contribution in [1.82, 2.24) is 0 Å². The number of nitrogens with zero attached hydrogens (tertiary/aromatic N) is 1. The van der Waals surface area contributed by atoms with E-state index in [2.05, 4.69) is 62.0 Å². The summed E-state index contributed by atoms with van der Waals surface area (Å²) in [7, 11) is 4.11. The van der Waals surface area contributed by atoms with Crippen LogP contribution in [0, 0.1) is 0 Å². The summed E-state index contributed by atoms with van der Waals surface area (Å²) in [6.07, 6.45) is 8.20. The molecule has 1 heteroatoms. The van der Waals surface area contributed by atoms with Gasteiger partial charge in [0, 0.05) is 19.8 Å². The Balaban J connectivity index is 2.53. The molecule has 15 heavy (non-hydrogen) atoms. The van der Waals surface area contributed by atoms with Crippen LogP contribution in [0.1, 0.15) is 12.0 Å². The zero-order chi connectivity index (χ0) is 11.1. The molecule has 0 atom stereocenters. The maximum absolute atomic E-state index is 3.68. The molecule has 0 aliphatic rings. The van der Waals surface area contributed by atoms with Gasteiger partial charge in [-0.3, -0.25) is 0 Å². The van der Waals surface area contributed by atoms with Gasteiger partial charge in [-0.15, -0.1) is 6.58 Å². The second kappa shape index (κ2) is 6.07. The second-order valence-corrected chi connectivity index (χ2v) is 3.76. The van der Waals surface area contributed by atoms with E-state index in [9.17, 15) is 0 Å². The molecule has 0 heterocycles. The molecule has 1 rings (SSSR count). The standard InChI is InChI=1S/C14H19N/c1-4-5-6-7-8-13-9-11-14(12-10-13)15(2)3/h4,6-7,9-12H,1,5,8H2,2-3H3/b7-6-. The summed E-state index contributed by atoms with van der Waals surface area (Å²) in [6, 6.07) is 8.65. The van der Waals surface area contributed by atoms with Crippen molar-refractivity contribution in [2.75, 3.05) is 19.0 Å². The summed E-state index contributed by atoms with van der Waals surface area (Å²) in [4.78, 5) is 2.11. The third kappa shape index (κ3) is 4.03. The lowest BCUT2D eigenvalue weighted by Crippen LogP contribution is -2.08. The summed E-state index contributed by atoms with van der Waals surface area (Å²) in [5, 5.41) is 0. The lowest BCUT2D eigenvalue weighted by Gasteiger charge is -2.12. The molecule has 0 saturated heterocycles. The summed E-state index contributed by atoms with van der Waals surface area (Å²) in [5.41, 5.74) is 2.59. The first-order valence-corrected chi connectivity index (χ1v) is 5.26. The van der Waals surface area contributed by atoms with E-state index in [-0.39, 0.29) is 0 Å². The van der Waals surface area contributed by atoms with Gasteiger partial charge in [-0.2, -0.15) is 0 Å². The molecule has 0 aliphatic carbocycles. The number of rotatable bonds is 5. The van der Waals surface area contributed by atoms with Gasteiger partial charge in [-0.05, 0) is 30.5 Å². The lowest BCUT2D eigenvalue weighted by molar-refractivity contribution is 1.12. The molecule has 0 radical (unpaired) electrons. The Morgan fingerprint density at radius 1 is 1.13 bits per heavy atom. The Kier molecular flexibility index (Phi) is 4.69. The third-order valence-corrected chi connectivity index (χ3v) is 2.28. The first-order valence-electron chi connectivity index (χ1n) is 5.26. The molecule has 0 spiro atoms. The van der Waals surface area contributed by atoms with E-state index in [1.807, 2.05) is 6.08 Å². The number of benzene rings is 1. The van der Waals surface area contributed by atoms with Crippen molar-refractivity contribution in [2.24, 2.45) is 0 Å². The largest absolute Gasteiger partial charge is 0.378 e. The molecule has 1 aromatic rings. The van der Waals surface area contributed by atoms with Crippen LogP contribution in [0.3, 0.4) is 0 Å². The molecule has 0 bridgehead atoms. The molecule has 0 saturated carbocycles. The molecule has 0 aromatic heterocycles. The molecule has 0 aliphatic heterocycles. The van der Waals surface area contributed by atoms with Gasteiger partial charge in [0.2, 0.25) is 0 Å². The third-order valence-electron chi connectivity index (χ3n) is 2.28. The molecular weight excluding hydrogens is 182 g/mol. The van der Waals surface area contributed by atoms with Crippen molar-refractivity contribution in [3.8, 4) is 0 Å². The Labute approximate surface area is 92.7 Å². The maximum atomic E-state index is 3.68. The molecule has 1 nitrogen and oxygen atoms in total. The normalized spacial score (nSPS) is 10.5. The number of hydrogen-bond donors (Lipinski definition) is 0. The van der Waals surface area contributed by atoms with Crippen molar-refractivity contribution in [1.29, 1.82) is 0 Å². The second-order valence-electron chi connectivity index (χ2n) is 3.76. The highest BCUT2D eigenvalue weighted by atomic mass is 15.1. The topological polar surface area (TPSA) is 3.24 Å². The van der Waals surface area contributed by atoms with Gasteiger partial charge in [-0.25, -0.2) is 0 Å². The SMILES string of the molecule is C=CC/C=C\Cc1ccc(N(C)C)cc1. The molecule has 0 N–H and O–H groups in total. The van der Waals surface area contributed by atoms with Crippen molar-refractivity contribution in [3.63, 3.8) is 0 Å². The number of anilines is 1.